The van der Waals surface area contributed by atoms with E-state index in [9.17, 15) is 0 Å². The molecule has 0 aliphatic carbocycles. The Labute approximate surface area is 104 Å². The maximum atomic E-state index is 5.80. The molecule has 1 aromatic heterocycles. The summed E-state index contributed by atoms with van der Waals surface area (Å²) in [4.78, 5) is 3.97. The van der Waals surface area contributed by atoms with Crippen LogP contribution in [0.1, 0.15) is 19.8 Å². The molecular weight excluding hydrogens is 277 g/mol. The summed E-state index contributed by atoms with van der Waals surface area (Å²) in [5.74, 6) is 1.29. The largest absolute Gasteiger partial charge is 0.492 e. The highest BCUT2D eigenvalue weighted by Crippen LogP contribution is 2.17. The molecule has 0 saturated heterocycles. The van der Waals surface area contributed by atoms with Gasteiger partial charge in [-0.2, -0.15) is 0 Å². The van der Waals surface area contributed by atoms with Crippen LogP contribution in [0.5, 0.6) is 5.75 Å². The van der Waals surface area contributed by atoms with Crippen molar-refractivity contribution >= 4 is 27.5 Å². The number of ether oxygens (including phenoxy) is 1. The van der Waals surface area contributed by atoms with E-state index in [1.807, 2.05) is 0 Å². The summed E-state index contributed by atoms with van der Waals surface area (Å²) >= 11 is 9.29. The molecule has 0 spiro atoms. The van der Waals surface area contributed by atoms with E-state index in [1.165, 1.54) is 12.8 Å². The third-order valence-corrected chi connectivity index (χ3v) is 3.20. The van der Waals surface area contributed by atoms with Crippen molar-refractivity contribution in [3.63, 3.8) is 0 Å². The molecule has 0 aliphatic rings. The van der Waals surface area contributed by atoms with Crippen LogP contribution in [0.3, 0.4) is 0 Å². The predicted octanol–water partition coefficient (Wildman–Crippen LogP) is 3.93. The van der Waals surface area contributed by atoms with E-state index in [2.05, 4.69) is 27.8 Å². The molecule has 1 unspecified atom stereocenters. The molecule has 84 valence electrons. The van der Waals surface area contributed by atoms with Crippen molar-refractivity contribution in [1.82, 2.24) is 4.98 Å². The molecule has 1 atom stereocenters. The number of halogens is 2. The summed E-state index contributed by atoms with van der Waals surface area (Å²) < 4.78 is 5.62. The lowest BCUT2D eigenvalue weighted by atomic mass is 10.1. The molecule has 0 bridgehead atoms. The van der Waals surface area contributed by atoms with Crippen molar-refractivity contribution < 1.29 is 4.74 Å². The van der Waals surface area contributed by atoms with Gasteiger partial charge in [-0.3, -0.25) is 4.98 Å². The summed E-state index contributed by atoms with van der Waals surface area (Å²) in [5.41, 5.74) is 0. The highest BCUT2D eigenvalue weighted by molar-refractivity contribution is 9.09. The van der Waals surface area contributed by atoms with Crippen LogP contribution in [-0.2, 0) is 0 Å². The average molecular weight is 293 g/mol. The molecule has 0 N–H and O–H groups in total. The first-order chi connectivity index (χ1) is 7.26. The zero-order valence-electron chi connectivity index (χ0n) is 8.75. The first-order valence-corrected chi connectivity index (χ1v) is 6.55. The minimum atomic E-state index is 0.550. The van der Waals surface area contributed by atoms with Crippen LogP contribution in [0.25, 0.3) is 0 Å². The number of aromatic nitrogens is 1. The van der Waals surface area contributed by atoms with Crippen LogP contribution in [0.2, 0.25) is 5.02 Å². The molecule has 0 aromatic carbocycles. The Morgan fingerprint density at radius 2 is 2.33 bits per heavy atom. The van der Waals surface area contributed by atoms with Gasteiger partial charge in [0.25, 0.3) is 0 Å². The van der Waals surface area contributed by atoms with E-state index in [0.717, 1.165) is 11.1 Å². The molecular formula is C11H15BrClNO. The van der Waals surface area contributed by atoms with E-state index in [4.69, 9.17) is 16.3 Å². The maximum Gasteiger partial charge on any atom is 0.139 e. The Balaban J connectivity index is 2.41. The predicted molar refractivity (Wildman–Crippen MR) is 66.9 cm³/mol. The fourth-order valence-corrected chi connectivity index (χ4v) is 1.97. The van der Waals surface area contributed by atoms with E-state index in [1.54, 1.807) is 18.5 Å². The summed E-state index contributed by atoms with van der Waals surface area (Å²) in [7, 11) is 0. The van der Waals surface area contributed by atoms with Gasteiger partial charge >= 0.3 is 0 Å². The molecule has 4 heteroatoms. The van der Waals surface area contributed by atoms with Crippen molar-refractivity contribution in [2.75, 3.05) is 11.9 Å². The van der Waals surface area contributed by atoms with E-state index < -0.39 is 0 Å². The Kier molecular flexibility index (Phi) is 6.03. The molecule has 15 heavy (non-hydrogen) atoms. The summed E-state index contributed by atoms with van der Waals surface area (Å²) in [6.45, 7) is 2.89. The minimum Gasteiger partial charge on any atom is -0.492 e. The number of hydrogen-bond acceptors (Lipinski definition) is 2. The van der Waals surface area contributed by atoms with Gasteiger partial charge in [-0.25, -0.2) is 0 Å². The maximum absolute atomic E-state index is 5.80. The van der Waals surface area contributed by atoms with E-state index in [-0.39, 0.29) is 0 Å². The molecule has 1 rings (SSSR count). The van der Waals surface area contributed by atoms with Gasteiger partial charge in [0, 0.05) is 23.5 Å². The number of hydrogen-bond donors (Lipinski definition) is 0. The number of alkyl halides is 1. The highest BCUT2D eigenvalue weighted by atomic mass is 79.9. The second-order valence-corrected chi connectivity index (χ2v) is 4.54. The fraction of sp³-hybridized carbons (Fsp3) is 0.545. The van der Waals surface area contributed by atoms with Gasteiger partial charge in [0.05, 0.1) is 17.8 Å². The topological polar surface area (TPSA) is 22.1 Å². The number of rotatable bonds is 6. The Bertz CT molecular complexity index is 296. The number of nitrogens with zero attached hydrogens (tertiary/aromatic N) is 1. The van der Waals surface area contributed by atoms with Crippen LogP contribution >= 0.6 is 27.5 Å². The standard InChI is InChI=1S/C11H15BrClNO/c1-2-3-9(5-12)8-15-11-4-10(13)6-14-7-11/h4,6-7,9H,2-3,5,8H2,1H3. The molecule has 0 aliphatic heterocycles. The van der Waals surface area contributed by atoms with Gasteiger partial charge in [-0.05, 0) is 6.42 Å². The van der Waals surface area contributed by atoms with Gasteiger partial charge in [-0.1, -0.05) is 40.9 Å². The molecule has 0 saturated carbocycles. The molecule has 1 heterocycles. The van der Waals surface area contributed by atoms with Crippen LogP contribution in [0, 0.1) is 5.92 Å². The summed E-state index contributed by atoms with van der Waals surface area (Å²) in [6, 6.07) is 1.78. The third kappa shape index (κ3) is 4.85. The molecule has 2 nitrogen and oxygen atoms in total. The van der Waals surface area contributed by atoms with Crippen LogP contribution < -0.4 is 4.74 Å². The zero-order valence-corrected chi connectivity index (χ0v) is 11.1. The first-order valence-electron chi connectivity index (χ1n) is 5.05. The zero-order chi connectivity index (χ0) is 11.1. The fourth-order valence-electron chi connectivity index (χ4n) is 1.30. The molecule has 1 aromatic rings. The highest BCUT2D eigenvalue weighted by Gasteiger charge is 2.07. The van der Waals surface area contributed by atoms with Crippen molar-refractivity contribution in [3.8, 4) is 5.75 Å². The monoisotopic (exact) mass is 291 g/mol. The lowest BCUT2D eigenvalue weighted by Gasteiger charge is -2.13. The van der Waals surface area contributed by atoms with Gasteiger partial charge in [-0.15, -0.1) is 0 Å². The average Bonchev–Trinajstić information content (AvgIpc) is 2.24. The molecule has 0 amide bonds. The quantitative estimate of drug-likeness (QED) is 0.741. The van der Waals surface area contributed by atoms with Crippen LogP contribution in [0.4, 0.5) is 0 Å². The second kappa shape index (κ2) is 7.07. The van der Waals surface area contributed by atoms with E-state index in [0.29, 0.717) is 17.5 Å². The Morgan fingerprint density at radius 1 is 1.53 bits per heavy atom. The van der Waals surface area contributed by atoms with Crippen LogP contribution in [0.15, 0.2) is 18.5 Å². The molecule has 0 radical (unpaired) electrons. The number of pyridine rings is 1. The van der Waals surface area contributed by atoms with Gasteiger partial charge in [0.1, 0.15) is 5.75 Å². The lowest BCUT2D eigenvalue weighted by molar-refractivity contribution is 0.254. The van der Waals surface area contributed by atoms with Gasteiger partial charge < -0.3 is 4.74 Å². The normalized spacial score (nSPS) is 12.5. The van der Waals surface area contributed by atoms with Crippen molar-refractivity contribution in [3.05, 3.63) is 23.5 Å². The van der Waals surface area contributed by atoms with E-state index >= 15 is 0 Å². The molecule has 0 fully saturated rings. The second-order valence-electron chi connectivity index (χ2n) is 3.46. The minimum absolute atomic E-state index is 0.550. The lowest BCUT2D eigenvalue weighted by Crippen LogP contribution is -2.13. The van der Waals surface area contributed by atoms with Gasteiger partial charge in [0.15, 0.2) is 0 Å². The van der Waals surface area contributed by atoms with Crippen molar-refractivity contribution in [1.29, 1.82) is 0 Å². The van der Waals surface area contributed by atoms with Crippen molar-refractivity contribution in [2.45, 2.75) is 19.8 Å². The Hall–Kier alpha value is -0.280. The van der Waals surface area contributed by atoms with Gasteiger partial charge in [0.2, 0.25) is 0 Å². The smallest absolute Gasteiger partial charge is 0.139 e. The van der Waals surface area contributed by atoms with Crippen LogP contribution in [-0.4, -0.2) is 16.9 Å². The SMILES string of the molecule is CCCC(CBr)COc1cncc(Cl)c1. The van der Waals surface area contributed by atoms with Crippen molar-refractivity contribution in [2.24, 2.45) is 5.92 Å². The third-order valence-electron chi connectivity index (χ3n) is 2.08. The first kappa shape index (κ1) is 12.8. The summed E-state index contributed by atoms with van der Waals surface area (Å²) in [6.07, 6.45) is 5.62. The Morgan fingerprint density at radius 3 is 2.93 bits per heavy atom. The summed E-state index contributed by atoms with van der Waals surface area (Å²) in [5, 5.41) is 1.58.